The second kappa shape index (κ2) is 4.77. The molecule has 0 radical (unpaired) electrons. The molecule has 5 heteroatoms. The van der Waals surface area contributed by atoms with Gasteiger partial charge in [-0.05, 0) is 40.6 Å². The molecule has 0 saturated heterocycles. The number of aromatic hydroxyl groups is 1. The number of halogens is 1. The van der Waals surface area contributed by atoms with Crippen LogP contribution in [-0.2, 0) is 0 Å². The van der Waals surface area contributed by atoms with Gasteiger partial charge in [-0.1, -0.05) is 0 Å². The van der Waals surface area contributed by atoms with Crippen LogP contribution in [-0.4, -0.2) is 11.3 Å². The molecule has 0 saturated carbocycles. The van der Waals surface area contributed by atoms with Crippen LogP contribution in [0, 0.1) is 12.3 Å². The van der Waals surface area contributed by atoms with E-state index in [0.717, 1.165) is 16.8 Å². The molecule has 0 spiro atoms. The smallest absolute Gasteiger partial charge is 0.120 e. The minimum absolute atomic E-state index is 0.266. The molecule has 0 heterocycles. The highest BCUT2D eigenvalue weighted by Gasteiger charge is 2.03. The minimum Gasteiger partial charge on any atom is -0.508 e. The Balaban J connectivity index is 3.16. The van der Waals surface area contributed by atoms with E-state index in [1.807, 2.05) is 6.92 Å². The van der Waals surface area contributed by atoms with Crippen molar-refractivity contribution < 1.29 is 5.11 Å². The first-order chi connectivity index (χ1) is 6.19. The third-order valence-corrected chi connectivity index (χ3v) is 2.88. The Hall–Kier alpha value is -0.350. The number of phenols is 1. The maximum Gasteiger partial charge on any atom is 0.120 e. The van der Waals surface area contributed by atoms with E-state index in [2.05, 4.69) is 27.1 Å². The fourth-order valence-corrected chi connectivity index (χ4v) is 2.19. The maximum absolute atomic E-state index is 9.43. The first kappa shape index (κ1) is 10.7. The normalized spacial score (nSPS) is 10.6. The third-order valence-electron chi connectivity index (χ3n) is 1.71. The Morgan fingerprint density at radius 1 is 1.62 bits per heavy atom. The molecule has 0 bridgehead atoms. The highest BCUT2D eigenvalue weighted by atomic mass is 127. The van der Waals surface area contributed by atoms with Gasteiger partial charge in [0, 0.05) is 24.2 Å². The number of anilines is 1. The van der Waals surface area contributed by atoms with E-state index in [1.165, 1.54) is 6.21 Å². The van der Waals surface area contributed by atoms with E-state index in [1.54, 1.807) is 12.1 Å². The predicted molar refractivity (Wildman–Crippen MR) is 66.7 cm³/mol. The highest BCUT2D eigenvalue weighted by Crippen LogP contribution is 2.30. The molecule has 70 valence electrons. The van der Waals surface area contributed by atoms with Crippen LogP contribution >= 0.6 is 28.4 Å². The van der Waals surface area contributed by atoms with Gasteiger partial charge in [0.2, 0.25) is 0 Å². The van der Waals surface area contributed by atoms with Crippen LogP contribution in [0.2, 0.25) is 0 Å². The van der Waals surface area contributed by atoms with Gasteiger partial charge in [-0.25, -0.2) is 0 Å². The first-order valence-electron chi connectivity index (χ1n) is 3.64. The molecule has 0 fully saturated rings. The van der Waals surface area contributed by atoms with Crippen LogP contribution in [0.15, 0.2) is 12.1 Å². The molecule has 0 aliphatic heterocycles. The van der Waals surface area contributed by atoms with Crippen LogP contribution in [0.25, 0.3) is 0 Å². The molecular weight excluding hydrogens is 298 g/mol. The summed E-state index contributed by atoms with van der Waals surface area (Å²) in [7, 11) is 0. The molecule has 1 rings (SSSR count). The molecule has 13 heavy (non-hydrogen) atoms. The summed E-state index contributed by atoms with van der Waals surface area (Å²) in [6.45, 7) is 1.82. The molecule has 0 aromatic heterocycles. The van der Waals surface area contributed by atoms with Crippen LogP contribution in [0.1, 0.15) is 11.1 Å². The molecule has 1 atom stereocenters. The van der Waals surface area contributed by atoms with Crippen molar-refractivity contribution in [3.8, 4) is 5.75 Å². The average Bonchev–Trinajstić information content (AvgIpc) is 2.11. The minimum atomic E-state index is 0.266. The van der Waals surface area contributed by atoms with Crippen molar-refractivity contribution in [3.63, 3.8) is 0 Å². The zero-order chi connectivity index (χ0) is 9.84. The van der Waals surface area contributed by atoms with Gasteiger partial charge in [-0.2, -0.15) is 0 Å². The quantitative estimate of drug-likeness (QED) is 0.457. The Morgan fingerprint density at radius 3 is 2.85 bits per heavy atom. The third kappa shape index (κ3) is 2.54. The van der Waals surface area contributed by atoms with Gasteiger partial charge in [0.05, 0.1) is 5.69 Å². The molecule has 0 aliphatic carbocycles. The molecule has 3 N–H and O–H groups in total. The maximum atomic E-state index is 9.43. The lowest BCUT2D eigenvalue weighted by Crippen LogP contribution is -1.91. The number of nitrogens with one attached hydrogen (secondary N) is 2. The number of aryl methyl sites for hydroxylation is 1. The summed E-state index contributed by atoms with van der Waals surface area (Å²) in [5, 5.41) is 19.7. The van der Waals surface area contributed by atoms with Crippen molar-refractivity contribution in [2.24, 2.45) is 0 Å². The second-order valence-electron chi connectivity index (χ2n) is 2.59. The van der Waals surface area contributed by atoms with E-state index >= 15 is 0 Å². The number of phenolic OH excluding ortho intramolecular Hbond substituents is 1. The summed E-state index contributed by atoms with van der Waals surface area (Å²) in [6.07, 6.45) is 1.82. The molecule has 3 nitrogen and oxygen atoms in total. The van der Waals surface area contributed by atoms with E-state index in [0.29, 0.717) is 6.37 Å². The van der Waals surface area contributed by atoms with Crippen LogP contribution in [0.5, 0.6) is 5.75 Å². The van der Waals surface area contributed by atoms with Gasteiger partial charge >= 0.3 is 0 Å². The Labute approximate surface area is 91.8 Å². The van der Waals surface area contributed by atoms with Crippen LogP contribution < -0.4 is 5.09 Å². The van der Waals surface area contributed by atoms with Gasteiger partial charge in [-0.15, -0.1) is 0 Å². The van der Waals surface area contributed by atoms with Crippen molar-refractivity contribution in [1.82, 2.24) is 0 Å². The van der Waals surface area contributed by atoms with Gasteiger partial charge in [0.15, 0.2) is 0 Å². The predicted octanol–water partition coefficient (Wildman–Crippen LogP) is 3.05. The van der Waals surface area contributed by atoms with E-state index in [4.69, 9.17) is 5.41 Å². The SMILES string of the molecule is Cc1cc(C=N)c(NPI)cc1O. The lowest BCUT2D eigenvalue weighted by molar-refractivity contribution is 0.471. The largest absolute Gasteiger partial charge is 0.508 e. The van der Waals surface area contributed by atoms with Crippen LogP contribution in [0.4, 0.5) is 5.69 Å². The summed E-state index contributed by atoms with van der Waals surface area (Å²) in [5.74, 6) is 0.266. The molecule has 1 unspecified atom stereocenters. The lowest BCUT2D eigenvalue weighted by Gasteiger charge is -2.08. The summed E-state index contributed by atoms with van der Waals surface area (Å²) in [5.41, 5.74) is 2.41. The zero-order valence-electron chi connectivity index (χ0n) is 7.06. The number of benzene rings is 1. The summed E-state index contributed by atoms with van der Waals surface area (Å²) in [4.78, 5) is 0. The van der Waals surface area contributed by atoms with Gasteiger partial charge in [-0.3, -0.25) is 0 Å². The zero-order valence-corrected chi connectivity index (χ0v) is 10.2. The summed E-state index contributed by atoms with van der Waals surface area (Å²) in [6, 6.07) is 3.45. The van der Waals surface area contributed by atoms with Gasteiger partial charge in [0.1, 0.15) is 5.75 Å². The fraction of sp³-hybridized carbons (Fsp3) is 0.125. The van der Waals surface area contributed by atoms with Crippen molar-refractivity contribution in [2.75, 3.05) is 5.09 Å². The summed E-state index contributed by atoms with van der Waals surface area (Å²) < 4.78 is 0. The molecule has 0 aliphatic rings. The van der Waals surface area contributed by atoms with Crippen molar-refractivity contribution in [3.05, 3.63) is 23.3 Å². The fourth-order valence-electron chi connectivity index (χ4n) is 0.997. The van der Waals surface area contributed by atoms with Crippen molar-refractivity contribution >= 4 is 40.3 Å². The monoisotopic (exact) mass is 308 g/mol. The molecule has 1 aromatic rings. The number of rotatable bonds is 3. The first-order valence-corrected chi connectivity index (χ1v) is 7.76. The summed E-state index contributed by atoms with van der Waals surface area (Å²) >= 11 is 2.20. The highest BCUT2D eigenvalue weighted by molar-refractivity contribution is 14.2. The topological polar surface area (TPSA) is 56.1 Å². The Bertz CT molecular complexity index is 330. The second-order valence-corrected chi connectivity index (χ2v) is 4.65. The molecular formula is C8H10IN2OP. The lowest BCUT2D eigenvalue weighted by atomic mass is 10.1. The molecule has 0 amide bonds. The van der Waals surface area contributed by atoms with Crippen molar-refractivity contribution in [2.45, 2.75) is 6.92 Å². The van der Waals surface area contributed by atoms with Gasteiger partial charge < -0.3 is 15.6 Å². The van der Waals surface area contributed by atoms with Gasteiger partial charge in [0.25, 0.3) is 0 Å². The van der Waals surface area contributed by atoms with E-state index < -0.39 is 0 Å². The van der Waals surface area contributed by atoms with Crippen LogP contribution in [0.3, 0.4) is 0 Å². The Morgan fingerprint density at radius 2 is 2.31 bits per heavy atom. The number of hydrogen-bond donors (Lipinski definition) is 3. The van der Waals surface area contributed by atoms with Crippen molar-refractivity contribution in [1.29, 1.82) is 5.41 Å². The number of hydrogen-bond acceptors (Lipinski definition) is 3. The van der Waals surface area contributed by atoms with E-state index in [9.17, 15) is 5.11 Å². The molecule has 1 aromatic carbocycles. The van der Waals surface area contributed by atoms with E-state index in [-0.39, 0.29) is 5.75 Å². The average molecular weight is 308 g/mol. The Kier molecular flexibility index (Phi) is 3.93. The standard InChI is InChI=1S/C8H10IN2OP/c1-5-2-6(4-10)7(11-13-9)3-8(5)12/h2-4,10-13H,1H3.